The van der Waals surface area contributed by atoms with Gasteiger partial charge in [-0.15, -0.1) is 11.3 Å². The van der Waals surface area contributed by atoms with Gasteiger partial charge in [0.25, 0.3) is 0 Å². The van der Waals surface area contributed by atoms with Crippen molar-refractivity contribution in [3.05, 3.63) is 50.8 Å². The molecule has 6 nitrogen and oxygen atoms in total. The lowest BCUT2D eigenvalue weighted by Crippen LogP contribution is -2.18. The second-order valence-electron chi connectivity index (χ2n) is 4.94. The van der Waals surface area contributed by atoms with Gasteiger partial charge >= 0.3 is 5.76 Å². The van der Waals surface area contributed by atoms with Gasteiger partial charge in [-0.05, 0) is 29.1 Å². The summed E-state index contributed by atoms with van der Waals surface area (Å²) >= 11 is 7.72. The van der Waals surface area contributed by atoms with Gasteiger partial charge in [0.1, 0.15) is 13.2 Å². The molecule has 23 heavy (non-hydrogen) atoms. The van der Waals surface area contributed by atoms with Gasteiger partial charge in [0.05, 0.1) is 16.4 Å². The quantitative estimate of drug-likeness (QED) is 0.726. The highest BCUT2D eigenvalue weighted by atomic mass is 35.5. The molecule has 0 aliphatic carbocycles. The zero-order valence-corrected chi connectivity index (χ0v) is 13.4. The number of nitrogens with zero attached hydrogens (tertiary/aromatic N) is 2. The first kappa shape index (κ1) is 14.3. The van der Waals surface area contributed by atoms with E-state index in [-0.39, 0.29) is 6.54 Å². The molecule has 2 aromatic heterocycles. The molecule has 1 aliphatic rings. The van der Waals surface area contributed by atoms with Crippen LogP contribution in [0.25, 0.3) is 10.7 Å². The largest absolute Gasteiger partial charge is 0.486 e. The molecule has 0 radical (unpaired) electrons. The minimum Gasteiger partial charge on any atom is -0.486 e. The minimum absolute atomic E-state index is 0.284. The fraction of sp³-hybridized carbons (Fsp3) is 0.200. The van der Waals surface area contributed by atoms with Crippen LogP contribution in [0.2, 0.25) is 5.02 Å². The third-order valence-electron chi connectivity index (χ3n) is 3.43. The molecule has 0 amide bonds. The lowest BCUT2D eigenvalue weighted by atomic mass is 10.2. The molecule has 0 atom stereocenters. The highest BCUT2D eigenvalue weighted by Crippen LogP contribution is 2.38. The fourth-order valence-corrected chi connectivity index (χ4v) is 3.43. The van der Waals surface area contributed by atoms with Crippen LogP contribution in [-0.2, 0) is 6.54 Å². The number of aromatic nitrogens is 2. The molecular formula is C15H11ClN2O4S. The lowest BCUT2D eigenvalue weighted by molar-refractivity contribution is 0.171. The molecule has 1 aromatic carbocycles. The van der Waals surface area contributed by atoms with Gasteiger partial charge in [0.15, 0.2) is 17.3 Å². The molecule has 3 aromatic rings. The van der Waals surface area contributed by atoms with Gasteiger partial charge < -0.3 is 9.47 Å². The van der Waals surface area contributed by atoms with E-state index < -0.39 is 5.76 Å². The fourth-order valence-electron chi connectivity index (χ4n) is 2.43. The van der Waals surface area contributed by atoms with Crippen molar-refractivity contribution in [1.82, 2.24) is 9.72 Å². The molecule has 1 aliphatic heterocycles. The van der Waals surface area contributed by atoms with Crippen molar-refractivity contribution in [3.63, 3.8) is 0 Å². The lowest BCUT2D eigenvalue weighted by Gasteiger charge is -2.20. The van der Waals surface area contributed by atoms with E-state index in [1.165, 1.54) is 15.9 Å². The number of hydrogen-bond acceptors (Lipinski definition) is 6. The number of halogens is 1. The Bertz CT molecular complexity index is 901. The summed E-state index contributed by atoms with van der Waals surface area (Å²) in [7, 11) is 0. The van der Waals surface area contributed by atoms with Crippen molar-refractivity contribution in [3.8, 4) is 22.2 Å². The summed E-state index contributed by atoms with van der Waals surface area (Å²) < 4.78 is 17.3. The molecule has 0 spiro atoms. The maximum atomic E-state index is 12.0. The van der Waals surface area contributed by atoms with Crippen molar-refractivity contribution in [2.45, 2.75) is 6.54 Å². The first-order chi connectivity index (χ1) is 11.2. The highest BCUT2D eigenvalue weighted by molar-refractivity contribution is 7.13. The molecule has 0 bridgehead atoms. The summed E-state index contributed by atoms with van der Waals surface area (Å²) in [6, 6.07) is 7.35. The molecule has 8 heteroatoms. The standard InChI is InChI=1S/C15H11ClN2O4S/c16-10-6-9(7-11-13(10)21-4-3-20-11)8-18-14(17-22-15(18)19)12-2-1-5-23-12/h1-2,5-7H,3-4,8H2. The summed E-state index contributed by atoms with van der Waals surface area (Å²) in [6.07, 6.45) is 0. The first-order valence-corrected chi connectivity index (χ1v) is 8.16. The van der Waals surface area contributed by atoms with Crippen molar-refractivity contribution >= 4 is 22.9 Å². The van der Waals surface area contributed by atoms with Crippen LogP contribution < -0.4 is 15.2 Å². The molecule has 4 rings (SSSR count). The van der Waals surface area contributed by atoms with Crippen molar-refractivity contribution < 1.29 is 14.0 Å². The summed E-state index contributed by atoms with van der Waals surface area (Å²) in [5.41, 5.74) is 0.808. The van der Waals surface area contributed by atoms with E-state index in [0.717, 1.165) is 10.4 Å². The number of ether oxygens (including phenoxy) is 2. The normalized spacial score (nSPS) is 13.3. The van der Waals surface area contributed by atoms with Gasteiger partial charge in [-0.3, -0.25) is 9.09 Å². The number of benzene rings is 1. The van der Waals surface area contributed by atoms with Crippen LogP contribution in [0.15, 0.2) is 39.0 Å². The maximum absolute atomic E-state index is 12.0. The molecule has 118 valence electrons. The van der Waals surface area contributed by atoms with Gasteiger partial charge in [0.2, 0.25) is 0 Å². The predicted octanol–water partition coefficient (Wildman–Crippen LogP) is 3.04. The van der Waals surface area contributed by atoms with E-state index in [9.17, 15) is 4.79 Å². The van der Waals surface area contributed by atoms with Crippen molar-refractivity contribution in [2.24, 2.45) is 0 Å². The van der Waals surface area contributed by atoms with Crippen molar-refractivity contribution in [2.75, 3.05) is 13.2 Å². The van der Waals surface area contributed by atoms with E-state index in [0.29, 0.717) is 35.6 Å². The average Bonchev–Trinajstić information content (AvgIpc) is 3.18. The van der Waals surface area contributed by atoms with Gasteiger partial charge in [-0.25, -0.2) is 4.79 Å². The first-order valence-electron chi connectivity index (χ1n) is 6.91. The number of thiophene rings is 1. The van der Waals surface area contributed by atoms with Crippen LogP contribution in [-0.4, -0.2) is 22.9 Å². The smallest absolute Gasteiger partial charge is 0.442 e. The minimum atomic E-state index is -0.514. The average molecular weight is 351 g/mol. The Morgan fingerprint density at radius 1 is 1.30 bits per heavy atom. The third kappa shape index (κ3) is 2.62. The highest BCUT2D eigenvalue weighted by Gasteiger charge is 2.19. The van der Waals surface area contributed by atoms with Crippen LogP contribution in [0.3, 0.4) is 0 Å². The Balaban J connectivity index is 1.73. The van der Waals surface area contributed by atoms with Crippen LogP contribution >= 0.6 is 22.9 Å². The van der Waals surface area contributed by atoms with E-state index in [1.807, 2.05) is 23.6 Å². The third-order valence-corrected chi connectivity index (χ3v) is 4.57. The topological polar surface area (TPSA) is 66.5 Å². The van der Waals surface area contributed by atoms with E-state index >= 15 is 0 Å². The van der Waals surface area contributed by atoms with E-state index in [4.69, 9.17) is 25.6 Å². The summed E-state index contributed by atoms with van der Waals surface area (Å²) in [5.74, 6) is 1.11. The van der Waals surface area contributed by atoms with Crippen LogP contribution in [0.1, 0.15) is 5.56 Å². The van der Waals surface area contributed by atoms with Crippen LogP contribution in [0, 0.1) is 0 Å². The Morgan fingerprint density at radius 3 is 3.00 bits per heavy atom. The monoisotopic (exact) mass is 350 g/mol. The SMILES string of the molecule is O=c1onc(-c2cccs2)n1Cc1cc(Cl)c2c(c1)OCCO2. The zero-order valence-electron chi connectivity index (χ0n) is 11.8. The predicted molar refractivity (Wildman–Crippen MR) is 85.6 cm³/mol. The van der Waals surface area contributed by atoms with Gasteiger partial charge in [0, 0.05) is 0 Å². The molecular weight excluding hydrogens is 340 g/mol. The number of fused-ring (bicyclic) bond motifs is 1. The van der Waals surface area contributed by atoms with Gasteiger partial charge in [-0.1, -0.05) is 22.8 Å². The Kier molecular flexibility index (Phi) is 3.59. The molecule has 0 unspecified atom stereocenters. The second-order valence-corrected chi connectivity index (χ2v) is 6.29. The molecule has 0 fully saturated rings. The molecule has 0 N–H and O–H groups in total. The zero-order chi connectivity index (χ0) is 15.8. The van der Waals surface area contributed by atoms with E-state index in [1.54, 1.807) is 6.07 Å². The number of rotatable bonds is 3. The maximum Gasteiger partial charge on any atom is 0.442 e. The summed E-state index contributed by atoms with van der Waals surface area (Å²) in [4.78, 5) is 12.8. The molecule has 0 saturated heterocycles. The van der Waals surface area contributed by atoms with Crippen molar-refractivity contribution in [1.29, 1.82) is 0 Å². The Hall–Kier alpha value is -2.25. The summed E-state index contributed by atoms with van der Waals surface area (Å²) in [6.45, 7) is 1.23. The summed E-state index contributed by atoms with van der Waals surface area (Å²) in [5, 5.41) is 6.24. The van der Waals surface area contributed by atoms with Crippen LogP contribution in [0.5, 0.6) is 11.5 Å². The Labute approximate surface area is 139 Å². The Morgan fingerprint density at radius 2 is 2.17 bits per heavy atom. The van der Waals surface area contributed by atoms with Gasteiger partial charge in [-0.2, -0.15) is 0 Å². The molecule has 3 heterocycles. The molecule has 0 saturated carbocycles. The van der Waals surface area contributed by atoms with Crippen LogP contribution in [0.4, 0.5) is 0 Å². The van der Waals surface area contributed by atoms with E-state index in [2.05, 4.69) is 5.16 Å². The number of hydrogen-bond donors (Lipinski definition) is 0. The second kappa shape index (κ2) is 5.75.